The Morgan fingerprint density at radius 3 is 2.78 bits per heavy atom. The molecule has 0 bridgehead atoms. The van der Waals surface area contributed by atoms with E-state index in [1.807, 2.05) is 30.3 Å². The Hall–Kier alpha value is -1.72. The van der Waals surface area contributed by atoms with Gasteiger partial charge in [0.25, 0.3) is 0 Å². The standard InChI is InChI=1S/C18H22N2O2S/c1-22-18(21)16(13-7-3-2-4-8-13)19-11-15-12-23-17(20-15)14-9-5-6-10-14/h2-4,7-8,12,14,16,19H,5-6,9-11H2,1H3/t16-/m1/s1. The van der Waals surface area contributed by atoms with Crippen LogP contribution < -0.4 is 5.32 Å². The third-order valence-electron chi connectivity index (χ3n) is 4.33. The number of carbonyl (C=O) groups excluding carboxylic acids is 1. The molecule has 1 aromatic heterocycles. The van der Waals surface area contributed by atoms with Crippen LogP contribution in [-0.4, -0.2) is 18.1 Å². The zero-order valence-electron chi connectivity index (χ0n) is 13.3. The summed E-state index contributed by atoms with van der Waals surface area (Å²) in [4.78, 5) is 16.8. The van der Waals surface area contributed by atoms with Crippen molar-refractivity contribution in [3.8, 4) is 0 Å². The van der Waals surface area contributed by atoms with E-state index in [0.29, 0.717) is 12.5 Å². The summed E-state index contributed by atoms with van der Waals surface area (Å²) in [6.07, 6.45) is 5.15. The van der Waals surface area contributed by atoms with Crippen LogP contribution in [0.2, 0.25) is 0 Å². The quantitative estimate of drug-likeness (QED) is 0.819. The summed E-state index contributed by atoms with van der Waals surface area (Å²) in [7, 11) is 1.42. The molecular formula is C18H22N2O2S. The van der Waals surface area contributed by atoms with Gasteiger partial charge in [0.05, 0.1) is 17.8 Å². The summed E-state index contributed by atoms with van der Waals surface area (Å²) in [5, 5.41) is 6.62. The van der Waals surface area contributed by atoms with Crippen LogP contribution in [0.4, 0.5) is 0 Å². The number of aromatic nitrogens is 1. The highest BCUT2D eigenvalue weighted by Gasteiger charge is 2.22. The van der Waals surface area contributed by atoms with Gasteiger partial charge < -0.3 is 4.74 Å². The lowest BCUT2D eigenvalue weighted by atomic mass is 10.1. The molecule has 5 heteroatoms. The van der Waals surface area contributed by atoms with Crippen molar-refractivity contribution in [1.29, 1.82) is 0 Å². The van der Waals surface area contributed by atoms with E-state index in [2.05, 4.69) is 10.7 Å². The summed E-state index contributed by atoms with van der Waals surface area (Å²) >= 11 is 1.74. The Kier molecular flexibility index (Phi) is 5.41. The van der Waals surface area contributed by atoms with Gasteiger partial charge in [0, 0.05) is 17.8 Å². The molecule has 1 saturated carbocycles. The zero-order chi connectivity index (χ0) is 16.1. The van der Waals surface area contributed by atoms with E-state index in [0.717, 1.165) is 11.3 Å². The molecule has 0 spiro atoms. The Morgan fingerprint density at radius 2 is 2.09 bits per heavy atom. The Morgan fingerprint density at radius 1 is 1.35 bits per heavy atom. The molecule has 2 aromatic rings. The van der Waals surface area contributed by atoms with E-state index in [1.165, 1.54) is 37.8 Å². The molecule has 0 amide bonds. The Bertz CT molecular complexity index is 635. The van der Waals surface area contributed by atoms with Gasteiger partial charge in [0.2, 0.25) is 0 Å². The normalized spacial score (nSPS) is 16.4. The number of ether oxygens (including phenoxy) is 1. The van der Waals surface area contributed by atoms with Gasteiger partial charge in [0.15, 0.2) is 0 Å². The molecule has 4 nitrogen and oxygen atoms in total. The molecule has 0 aliphatic heterocycles. The number of hydrogen-bond acceptors (Lipinski definition) is 5. The van der Waals surface area contributed by atoms with Crippen molar-refractivity contribution in [1.82, 2.24) is 10.3 Å². The van der Waals surface area contributed by atoms with Gasteiger partial charge in [-0.3, -0.25) is 5.32 Å². The maximum Gasteiger partial charge on any atom is 0.327 e. The van der Waals surface area contributed by atoms with Crippen LogP contribution in [0.15, 0.2) is 35.7 Å². The van der Waals surface area contributed by atoms with Crippen molar-refractivity contribution in [3.63, 3.8) is 0 Å². The molecule has 1 aliphatic carbocycles. The van der Waals surface area contributed by atoms with Crippen LogP contribution in [0.1, 0.15) is 53.9 Å². The van der Waals surface area contributed by atoms with Crippen molar-refractivity contribution in [2.45, 2.75) is 44.2 Å². The molecule has 1 fully saturated rings. The smallest absolute Gasteiger partial charge is 0.327 e. The number of benzene rings is 1. The SMILES string of the molecule is COC(=O)[C@H](NCc1csc(C2CCCC2)n1)c1ccccc1. The van der Waals surface area contributed by atoms with Gasteiger partial charge >= 0.3 is 5.97 Å². The number of nitrogens with zero attached hydrogens (tertiary/aromatic N) is 1. The topological polar surface area (TPSA) is 51.2 Å². The average molecular weight is 330 g/mol. The number of hydrogen-bond donors (Lipinski definition) is 1. The number of rotatable bonds is 6. The van der Waals surface area contributed by atoms with Crippen LogP contribution in [0.5, 0.6) is 0 Å². The second kappa shape index (κ2) is 7.70. The van der Waals surface area contributed by atoms with Crippen molar-refractivity contribution >= 4 is 17.3 Å². The van der Waals surface area contributed by atoms with Crippen molar-refractivity contribution < 1.29 is 9.53 Å². The van der Waals surface area contributed by atoms with E-state index in [-0.39, 0.29) is 5.97 Å². The number of carbonyl (C=O) groups is 1. The summed E-state index contributed by atoms with van der Waals surface area (Å²) in [6, 6.07) is 9.19. The first kappa shape index (κ1) is 16.1. The van der Waals surface area contributed by atoms with E-state index < -0.39 is 6.04 Å². The minimum absolute atomic E-state index is 0.276. The summed E-state index contributed by atoms with van der Waals surface area (Å²) in [5.41, 5.74) is 1.91. The van der Waals surface area contributed by atoms with E-state index in [1.54, 1.807) is 11.3 Å². The monoisotopic (exact) mass is 330 g/mol. The highest BCUT2D eigenvalue weighted by molar-refractivity contribution is 7.09. The Labute approximate surface area is 140 Å². The zero-order valence-corrected chi connectivity index (χ0v) is 14.1. The fourth-order valence-corrected chi connectivity index (χ4v) is 4.06. The largest absolute Gasteiger partial charge is 0.468 e. The molecule has 0 radical (unpaired) electrons. The minimum atomic E-state index is -0.460. The highest BCUT2D eigenvalue weighted by Crippen LogP contribution is 2.35. The molecule has 0 unspecified atom stereocenters. The van der Waals surface area contributed by atoms with Gasteiger partial charge in [-0.05, 0) is 18.4 Å². The third kappa shape index (κ3) is 3.98. The molecule has 23 heavy (non-hydrogen) atoms. The van der Waals surface area contributed by atoms with E-state index >= 15 is 0 Å². The minimum Gasteiger partial charge on any atom is -0.468 e. The average Bonchev–Trinajstić information content (AvgIpc) is 3.27. The molecule has 1 aromatic carbocycles. The third-order valence-corrected chi connectivity index (χ3v) is 5.39. The second-order valence-electron chi connectivity index (χ2n) is 5.91. The van der Waals surface area contributed by atoms with Crippen LogP contribution >= 0.6 is 11.3 Å². The lowest BCUT2D eigenvalue weighted by molar-refractivity contribution is -0.143. The Balaban J connectivity index is 1.65. The first-order chi connectivity index (χ1) is 11.3. The molecule has 3 rings (SSSR count). The first-order valence-corrected chi connectivity index (χ1v) is 8.96. The highest BCUT2D eigenvalue weighted by atomic mass is 32.1. The van der Waals surface area contributed by atoms with E-state index in [9.17, 15) is 4.79 Å². The maximum absolute atomic E-state index is 12.0. The predicted molar refractivity (Wildman–Crippen MR) is 91.4 cm³/mol. The number of thiazole rings is 1. The lowest BCUT2D eigenvalue weighted by Gasteiger charge is -2.16. The summed E-state index contributed by atoms with van der Waals surface area (Å²) in [6.45, 7) is 0.567. The molecule has 0 saturated heterocycles. The van der Waals surface area contributed by atoms with Gasteiger partial charge in [-0.25, -0.2) is 9.78 Å². The first-order valence-electron chi connectivity index (χ1n) is 8.08. The van der Waals surface area contributed by atoms with Crippen molar-refractivity contribution in [2.75, 3.05) is 7.11 Å². The van der Waals surface area contributed by atoms with Crippen LogP contribution in [0.3, 0.4) is 0 Å². The summed E-state index contributed by atoms with van der Waals surface area (Å²) < 4.78 is 4.92. The molecule has 1 atom stereocenters. The fraction of sp³-hybridized carbons (Fsp3) is 0.444. The number of methoxy groups -OCH3 is 1. The van der Waals surface area contributed by atoms with Crippen LogP contribution in [0.25, 0.3) is 0 Å². The molecule has 122 valence electrons. The number of nitrogens with one attached hydrogen (secondary N) is 1. The second-order valence-corrected chi connectivity index (χ2v) is 6.80. The molecule has 1 N–H and O–H groups in total. The van der Waals surface area contributed by atoms with Gasteiger partial charge in [-0.1, -0.05) is 43.2 Å². The van der Waals surface area contributed by atoms with Crippen LogP contribution in [-0.2, 0) is 16.1 Å². The lowest BCUT2D eigenvalue weighted by Crippen LogP contribution is -2.29. The fourth-order valence-electron chi connectivity index (χ4n) is 3.07. The van der Waals surface area contributed by atoms with E-state index in [4.69, 9.17) is 9.72 Å². The van der Waals surface area contributed by atoms with Crippen LogP contribution in [0, 0.1) is 0 Å². The van der Waals surface area contributed by atoms with Gasteiger partial charge in [0.1, 0.15) is 6.04 Å². The summed E-state index contributed by atoms with van der Waals surface area (Å²) in [5.74, 6) is 0.363. The number of esters is 1. The molecular weight excluding hydrogens is 308 g/mol. The van der Waals surface area contributed by atoms with Gasteiger partial charge in [-0.15, -0.1) is 11.3 Å². The van der Waals surface area contributed by atoms with Gasteiger partial charge in [-0.2, -0.15) is 0 Å². The van der Waals surface area contributed by atoms with Crippen molar-refractivity contribution in [2.24, 2.45) is 0 Å². The molecule has 1 heterocycles. The maximum atomic E-state index is 12.0. The molecule has 1 aliphatic rings. The predicted octanol–water partition coefficient (Wildman–Crippen LogP) is 3.80. The van der Waals surface area contributed by atoms with Crippen molar-refractivity contribution in [3.05, 3.63) is 52.0 Å².